The first kappa shape index (κ1) is 14.5. The molecule has 0 bridgehead atoms. The first-order valence-electron chi connectivity index (χ1n) is 6.74. The Labute approximate surface area is 131 Å². The predicted molar refractivity (Wildman–Crippen MR) is 78.3 cm³/mol. The van der Waals surface area contributed by atoms with Crippen LogP contribution >= 0.6 is 0 Å². The minimum absolute atomic E-state index is 0.0868. The average Bonchev–Trinajstić information content (AvgIpc) is 2.80. The number of fused-ring (bicyclic) bond motifs is 1. The molecule has 0 aliphatic carbocycles. The van der Waals surface area contributed by atoms with Crippen molar-refractivity contribution >= 4 is 17.8 Å². The third-order valence-electron chi connectivity index (χ3n) is 3.52. The maximum atomic E-state index is 12.1. The number of carbonyl (C=O) groups excluding carboxylic acids is 3. The van der Waals surface area contributed by atoms with Gasteiger partial charge in [-0.3, -0.25) is 9.59 Å². The van der Waals surface area contributed by atoms with Gasteiger partial charge in [0, 0.05) is 0 Å². The van der Waals surface area contributed by atoms with E-state index in [9.17, 15) is 14.4 Å². The first-order valence-corrected chi connectivity index (χ1v) is 6.74. The summed E-state index contributed by atoms with van der Waals surface area (Å²) in [6.07, 6.45) is 0. The number of hydroxylamine groups is 2. The maximum Gasteiger partial charge on any atom is 0.363 e. The van der Waals surface area contributed by atoms with Crippen LogP contribution in [-0.4, -0.2) is 22.8 Å². The van der Waals surface area contributed by atoms with E-state index in [4.69, 9.17) is 10.1 Å². The van der Waals surface area contributed by atoms with Crippen molar-refractivity contribution in [3.8, 4) is 6.07 Å². The third kappa shape index (κ3) is 2.34. The Bertz CT molecular complexity index is 861. The second-order valence-corrected chi connectivity index (χ2v) is 4.97. The number of benzene rings is 2. The van der Waals surface area contributed by atoms with E-state index in [0.29, 0.717) is 16.2 Å². The Kier molecular flexibility index (Phi) is 3.39. The van der Waals surface area contributed by atoms with Crippen LogP contribution < -0.4 is 0 Å². The van der Waals surface area contributed by atoms with E-state index < -0.39 is 17.8 Å². The van der Waals surface area contributed by atoms with Crippen molar-refractivity contribution in [1.29, 1.82) is 5.26 Å². The Morgan fingerprint density at radius 1 is 1.09 bits per heavy atom. The average molecular weight is 306 g/mol. The monoisotopic (exact) mass is 306 g/mol. The van der Waals surface area contributed by atoms with Crippen LogP contribution in [0.3, 0.4) is 0 Å². The highest BCUT2D eigenvalue weighted by molar-refractivity contribution is 6.21. The largest absolute Gasteiger partial charge is 0.363 e. The van der Waals surface area contributed by atoms with E-state index in [-0.39, 0.29) is 16.7 Å². The fourth-order valence-electron chi connectivity index (χ4n) is 2.26. The van der Waals surface area contributed by atoms with Gasteiger partial charge in [0.2, 0.25) is 0 Å². The SMILES string of the molecule is Cc1ccc(C(=O)ON2C(=O)c3ccccc3C2=O)cc1C#N. The Morgan fingerprint density at radius 3 is 2.26 bits per heavy atom. The molecule has 0 saturated carbocycles. The molecule has 6 heteroatoms. The van der Waals surface area contributed by atoms with Gasteiger partial charge in [0.25, 0.3) is 11.8 Å². The molecular weight excluding hydrogens is 296 g/mol. The zero-order chi connectivity index (χ0) is 16.6. The van der Waals surface area contributed by atoms with Crippen LogP contribution in [0.15, 0.2) is 42.5 Å². The van der Waals surface area contributed by atoms with Gasteiger partial charge in [-0.15, -0.1) is 0 Å². The molecule has 1 aliphatic rings. The summed E-state index contributed by atoms with van der Waals surface area (Å²) in [5.74, 6) is -2.26. The summed E-state index contributed by atoms with van der Waals surface area (Å²) in [4.78, 5) is 41.3. The van der Waals surface area contributed by atoms with Crippen LogP contribution in [0.5, 0.6) is 0 Å². The fourth-order valence-corrected chi connectivity index (χ4v) is 2.26. The lowest BCUT2D eigenvalue weighted by molar-refractivity contribution is -0.0584. The van der Waals surface area contributed by atoms with Gasteiger partial charge in [-0.25, -0.2) is 4.79 Å². The summed E-state index contributed by atoms with van der Waals surface area (Å²) in [6, 6.07) is 12.6. The van der Waals surface area contributed by atoms with Crippen LogP contribution in [-0.2, 0) is 4.84 Å². The Morgan fingerprint density at radius 2 is 1.70 bits per heavy atom. The molecule has 1 aliphatic heterocycles. The second kappa shape index (κ2) is 5.39. The van der Waals surface area contributed by atoms with Gasteiger partial charge in [-0.1, -0.05) is 23.3 Å². The minimum Gasteiger partial charge on any atom is -0.324 e. The molecule has 23 heavy (non-hydrogen) atoms. The molecule has 112 valence electrons. The van der Waals surface area contributed by atoms with Gasteiger partial charge in [0.1, 0.15) is 0 Å². The number of nitrogens with zero attached hydrogens (tertiary/aromatic N) is 2. The second-order valence-electron chi connectivity index (χ2n) is 4.97. The quantitative estimate of drug-likeness (QED) is 0.794. The topological polar surface area (TPSA) is 87.5 Å². The molecule has 0 saturated heterocycles. The molecule has 2 aromatic rings. The zero-order valence-electron chi connectivity index (χ0n) is 12.1. The molecule has 3 rings (SSSR count). The van der Waals surface area contributed by atoms with Crippen molar-refractivity contribution in [3.05, 3.63) is 70.3 Å². The fraction of sp³-hybridized carbons (Fsp3) is 0.0588. The highest BCUT2D eigenvalue weighted by Gasteiger charge is 2.38. The first-order chi connectivity index (χ1) is 11.0. The molecule has 1 heterocycles. The minimum atomic E-state index is -0.879. The van der Waals surface area contributed by atoms with Crippen LogP contribution in [0.2, 0.25) is 0 Å². The van der Waals surface area contributed by atoms with Crippen LogP contribution in [0, 0.1) is 18.3 Å². The van der Waals surface area contributed by atoms with Gasteiger partial charge in [-0.2, -0.15) is 5.26 Å². The van der Waals surface area contributed by atoms with E-state index in [1.165, 1.54) is 24.3 Å². The summed E-state index contributed by atoms with van der Waals surface area (Å²) < 4.78 is 0. The van der Waals surface area contributed by atoms with E-state index in [0.717, 1.165) is 0 Å². The van der Waals surface area contributed by atoms with Gasteiger partial charge >= 0.3 is 5.97 Å². The molecule has 2 amide bonds. The summed E-state index contributed by atoms with van der Waals surface area (Å²) in [5.41, 5.74) is 1.49. The molecule has 0 aromatic heterocycles. The Hall–Kier alpha value is -3.46. The molecule has 0 fully saturated rings. The van der Waals surface area contributed by atoms with Crippen LogP contribution in [0.4, 0.5) is 0 Å². The molecular formula is C17H10N2O4. The smallest absolute Gasteiger partial charge is 0.324 e. The van der Waals surface area contributed by atoms with E-state index in [2.05, 4.69) is 0 Å². The summed E-state index contributed by atoms with van der Waals surface area (Å²) in [6.45, 7) is 1.73. The van der Waals surface area contributed by atoms with Crippen molar-refractivity contribution < 1.29 is 19.2 Å². The maximum absolute atomic E-state index is 12.1. The molecule has 6 nitrogen and oxygen atoms in total. The van der Waals surface area contributed by atoms with Gasteiger partial charge in [0.05, 0.1) is 28.3 Å². The van der Waals surface area contributed by atoms with Crippen LogP contribution in [0.1, 0.15) is 42.2 Å². The van der Waals surface area contributed by atoms with E-state index >= 15 is 0 Å². The van der Waals surface area contributed by atoms with Crippen molar-refractivity contribution in [2.75, 3.05) is 0 Å². The lowest BCUT2D eigenvalue weighted by atomic mass is 10.1. The summed E-state index contributed by atoms with van der Waals surface area (Å²) >= 11 is 0. The molecule has 0 unspecified atom stereocenters. The zero-order valence-corrected chi connectivity index (χ0v) is 12.1. The number of carbonyl (C=O) groups is 3. The number of hydrogen-bond donors (Lipinski definition) is 0. The highest BCUT2D eigenvalue weighted by Crippen LogP contribution is 2.23. The number of imide groups is 1. The van der Waals surface area contributed by atoms with Crippen molar-refractivity contribution in [2.45, 2.75) is 6.92 Å². The number of nitriles is 1. The summed E-state index contributed by atoms with van der Waals surface area (Å²) in [5, 5.41) is 9.43. The normalized spacial score (nSPS) is 12.8. The number of hydrogen-bond acceptors (Lipinski definition) is 5. The van der Waals surface area contributed by atoms with Gasteiger partial charge in [0.15, 0.2) is 0 Å². The molecule has 0 atom stereocenters. The van der Waals surface area contributed by atoms with Crippen molar-refractivity contribution in [2.24, 2.45) is 0 Å². The third-order valence-corrected chi connectivity index (χ3v) is 3.52. The van der Waals surface area contributed by atoms with Gasteiger partial charge < -0.3 is 4.84 Å². The number of rotatable bonds is 2. The standard InChI is InChI=1S/C17H10N2O4/c1-10-6-7-11(8-12(10)9-18)17(22)23-19-15(20)13-4-2-3-5-14(13)16(19)21/h2-8H,1H3. The lowest BCUT2D eigenvalue weighted by Gasteiger charge is -2.12. The van der Waals surface area contributed by atoms with Crippen molar-refractivity contribution in [3.63, 3.8) is 0 Å². The molecule has 2 aromatic carbocycles. The van der Waals surface area contributed by atoms with E-state index in [1.54, 1.807) is 25.1 Å². The number of aryl methyl sites for hydroxylation is 1. The Balaban J connectivity index is 1.86. The van der Waals surface area contributed by atoms with E-state index in [1.807, 2.05) is 6.07 Å². The lowest BCUT2D eigenvalue weighted by Crippen LogP contribution is -2.32. The molecule has 0 spiro atoms. The molecule has 0 N–H and O–H groups in total. The molecule has 0 radical (unpaired) electrons. The predicted octanol–water partition coefficient (Wildman–Crippen LogP) is 2.23. The summed E-state index contributed by atoms with van der Waals surface area (Å²) in [7, 11) is 0. The highest BCUT2D eigenvalue weighted by atomic mass is 16.7. The van der Waals surface area contributed by atoms with Crippen molar-refractivity contribution in [1.82, 2.24) is 5.06 Å². The van der Waals surface area contributed by atoms with Gasteiger partial charge in [-0.05, 0) is 36.8 Å². The van der Waals surface area contributed by atoms with Crippen LogP contribution in [0.25, 0.3) is 0 Å². The number of amides is 2.